The molecule has 1 aliphatic heterocycles. The summed E-state index contributed by atoms with van der Waals surface area (Å²) >= 11 is 1.84. The van der Waals surface area contributed by atoms with Gasteiger partial charge >= 0.3 is 5.63 Å². The van der Waals surface area contributed by atoms with Crippen LogP contribution in [0.15, 0.2) is 44.9 Å². The number of thiophene rings is 1. The van der Waals surface area contributed by atoms with Gasteiger partial charge in [-0.15, -0.1) is 11.3 Å². The van der Waals surface area contributed by atoms with Crippen LogP contribution in [0.25, 0.3) is 11.0 Å². The molecule has 4 rings (SSSR count). The van der Waals surface area contributed by atoms with Gasteiger partial charge in [0.15, 0.2) is 6.04 Å². The molecule has 0 unspecified atom stereocenters. The maximum Gasteiger partial charge on any atom is 0.336 e. The highest BCUT2D eigenvalue weighted by Crippen LogP contribution is 2.26. The number of nitrogens with two attached hydrogens (primary N) is 1. The van der Waals surface area contributed by atoms with Crippen LogP contribution in [-0.2, 0) is 11.3 Å². The molecule has 2 aromatic heterocycles. The minimum Gasteiger partial charge on any atom is -0.423 e. The summed E-state index contributed by atoms with van der Waals surface area (Å²) in [5.74, 6) is 0.436. The normalized spacial score (nSPS) is 16.4. The lowest BCUT2D eigenvalue weighted by molar-refractivity contribution is -0.952. The van der Waals surface area contributed by atoms with Gasteiger partial charge in [0.2, 0.25) is 0 Å². The van der Waals surface area contributed by atoms with Crippen LogP contribution in [0, 0.1) is 6.92 Å². The molecule has 0 radical (unpaired) electrons. The van der Waals surface area contributed by atoms with E-state index in [-0.39, 0.29) is 5.63 Å². The number of hydrogen-bond donors (Lipinski definition) is 2. The van der Waals surface area contributed by atoms with Crippen LogP contribution >= 0.6 is 11.3 Å². The Balaban J connectivity index is 1.56. The Morgan fingerprint density at radius 2 is 2.00 bits per heavy atom. The van der Waals surface area contributed by atoms with Crippen molar-refractivity contribution in [1.29, 1.82) is 0 Å². The first-order chi connectivity index (χ1) is 14.5. The van der Waals surface area contributed by atoms with Crippen LogP contribution in [0.2, 0.25) is 0 Å². The third kappa shape index (κ3) is 4.67. The molecule has 1 aliphatic rings. The van der Waals surface area contributed by atoms with Crippen molar-refractivity contribution in [1.82, 2.24) is 0 Å². The minimum atomic E-state index is -0.267. The quantitative estimate of drug-likeness (QED) is 0.566. The van der Waals surface area contributed by atoms with Crippen molar-refractivity contribution in [2.45, 2.75) is 39.3 Å². The second-order valence-electron chi connectivity index (χ2n) is 8.52. The summed E-state index contributed by atoms with van der Waals surface area (Å²) in [5.41, 5.74) is 3.98. The van der Waals surface area contributed by atoms with E-state index in [4.69, 9.17) is 9.15 Å². The SMILES string of the molecule is Cc1cc2oc(=O)cc(C[NH2+]C[C@@H](c3cccs3)[NH+]3CCOCC3)c2cc1C(C)C. The van der Waals surface area contributed by atoms with Gasteiger partial charge in [0.05, 0.1) is 18.1 Å². The molecule has 3 heterocycles. The lowest BCUT2D eigenvalue weighted by atomic mass is 9.95. The van der Waals surface area contributed by atoms with E-state index in [2.05, 4.69) is 49.7 Å². The van der Waals surface area contributed by atoms with Crippen LogP contribution in [0.1, 0.15) is 47.4 Å². The number of benzene rings is 1. The zero-order chi connectivity index (χ0) is 21.1. The van der Waals surface area contributed by atoms with Crippen LogP contribution in [0.5, 0.6) is 0 Å². The van der Waals surface area contributed by atoms with E-state index in [0.717, 1.165) is 50.3 Å². The number of fused-ring (bicyclic) bond motifs is 1. The van der Waals surface area contributed by atoms with Crippen LogP contribution < -0.4 is 15.8 Å². The summed E-state index contributed by atoms with van der Waals surface area (Å²) < 4.78 is 11.1. The monoisotopic (exact) mass is 428 g/mol. The molecule has 0 bridgehead atoms. The van der Waals surface area contributed by atoms with Crippen LogP contribution in [-0.4, -0.2) is 32.8 Å². The Labute approximate surface area is 181 Å². The van der Waals surface area contributed by atoms with Crippen molar-refractivity contribution in [2.75, 3.05) is 32.8 Å². The van der Waals surface area contributed by atoms with Gasteiger partial charge in [-0.05, 0) is 47.5 Å². The largest absolute Gasteiger partial charge is 0.423 e. The van der Waals surface area contributed by atoms with Gasteiger partial charge in [-0.3, -0.25) is 0 Å². The fourth-order valence-corrected chi connectivity index (χ4v) is 5.44. The lowest BCUT2D eigenvalue weighted by Gasteiger charge is -2.30. The van der Waals surface area contributed by atoms with Crippen molar-refractivity contribution in [3.63, 3.8) is 0 Å². The molecule has 6 heteroatoms. The second-order valence-corrected chi connectivity index (χ2v) is 9.50. The number of hydrogen-bond acceptors (Lipinski definition) is 4. The van der Waals surface area contributed by atoms with E-state index in [0.29, 0.717) is 17.5 Å². The standard InChI is InChI=1S/C24H30N2O3S/c1-16(2)19-13-20-18(12-24(27)29-22(20)11-17(19)3)14-25-15-21(23-5-4-10-30-23)26-6-8-28-9-7-26/h4-5,10-13,16,21,25H,6-9,14-15H2,1-3H3/p+2/t21-/m0/s1. The first kappa shape index (κ1) is 21.2. The number of nitrogens with one attached hydrogen (secondary N) is 1. The lowest BCUT2D eigenvalue weighted by Crippen LogP contribution is -3.16. The average Bonchev–Trinajstić information content (AvgIpc) is 3.25. The molecule has 3 N–H and O–H groups in total. The van der Waals surface area contributed by atoms with Gasteiger partial charge in [-0.1, -0.05) is 19.9 Å². The molecule has 3 aromatic rings. The van der Waals surface area contributed by atoms with E-state index in [1.807, 2.05) is 17.4 Å². The number of quaternary nitrogens is 2. The van der Waals surface area contributed by atoms with Gasteiger partial charge in [0.25, 0.3) is 0 Å². The molecular weight excluding hydrogens is 396 g/mol. The molecular formula is C24H32N2O3S+2. The predicted molar refractivity (Wildman–Crippen MR) is 120 cm³/mol. The molecule has 160 valence electrons. The Bertz CT molecular complexity index is 1040. The van der Waals surface area contributed by atoms with Gasteiger partial charge in [-0.2, -0.15) is 0 Å². The molecule has 30 heavy (non-hydrogen) atoms. The number of rotatable bonds is 7. The van der Waals surface area contributed by atoms with Gasteiger partial charge < -0.3 is 19.4 Å². The van der Waals surface area contributed by atoms with Crippen molar-refractivity contribution in [3.05, 3.63) is 67.7 Å². The molecule has 0 spiro atoms. The fourth-order valence-electron chi connectivity index (χ4n) is 4.54. The summed E-state index contributed by atoms with van der Waals surface area (Å²) in [6.07, 6.45) is 0. The Morgan fingerprint density at radius 1 is 1.20 bits per heavy atom. The summed E-state index contributed by atoms with van der Waals surface area (Å²) in [4.78, 5) is 15.2. The minimum absolute atomic E-state index is 0.267. The second kappa shape index (κ2) is 9.43. The van der Waals surface area contributed by atoms with E-state index >= 15 is 0 Å². The fraction of sp³-hybridized carbons (Fsp3) is 0.458. The summed E-state index contributed by atoms with van der Waals surface area (Å²) in [7, 11) is 0. The Morgan fingerprint density at radius 3 is 2.70 bits per heavy atom. The number of morpholine rings is 1. The van der Waals surface area contributed by atoms with E-state index < -0.39 is 0 Å². The van der Waals surface area contributed by atoms with E-state index in [9.17, 15) is 4.79 Å². The Hall–Kier alpha value is -1.99. The molecule has 0 saturated carbocycles. The molecule has 0 aliphatic carbocycles. The highest BCUT2D eigenvalue weighted by atomic mass is 32.1. The number of aryl methyl sites for hydroxylation is 1. The number of ether oxygens (including phenoxy) is 1. The zero-order valence-corrected chi connectivity index (χ0v) is 18.9. The van der Waals surface area contributed by atoms with Gasteiger partial charge in [-0.25, -0.2) is 4.79 Å². The summed E-state index contributed by atoms with van der Waals surface area (Å²) in [6, 6.07) is 10.7. The van der Waals surface area contributed by atoms with Crippen molar-refractivity contribution in [3.8, 4) is 0 Å². The molecule has 5 nitrogen and oxygen atoms in total. The maximum atomic E-state index is 12.2. The van der Waals surface area contributed by atoms with Gasteiger partial charge in [0, 0.05) is 17.0 Å². The third-order valence-corrected chi connectivity index (χ3v) is 7.11. The molecule has 1 atom stereocenters. The third-order valence-electron chi connectivity index (χ3n) is 6.12. The first-order valence-electron chi connectivity index (χ1n) is 10.9. The van der Waals surface area contributed by atoms with Crippen molar-refractivity contribution >= 4 is 22.3 Å². The van der Waals surface area contributed by atoms with E-state index in [1.165, 1.54) is 16.0 Å². The maximum absolute atomic E-state index is 12.2. The Kier molecular flexibility index (Phi) is 6.68. The molecule has 1 aromatic carbocycles. The smallest absolute Gasteiger partial charge is 0.336 e. The van der Waals surface area contributed by atoms with E-state index in [1.54, 1.807) is 11.0 Å². The van der Waals surface area contributed by atoms with Crippen LogP contribution in [0.4, 0.5) is 0 Å². The summed E-state index contributed by atoms with van der Waals surface area (Å²) in [6.45, 7) is 12.0. The van der Waals surface area contributed by atoms with Crippen molar-refractivity contribution < 1.29 is 19.4 Å². The van der Waals surface area contributed by atoms with Crippen molar-refractivity contribution in [2.24, 2.45) is 0 Å². The molecule has 1 saturated heterocycles. The molecule has 1 fully saturated rings. The topological polar surface area (TPSA) is 60.5 Å². The zero-order valence-electron chi connectivity index (χ0n) is 18.1. The first-order valence-corrected chi connectivity index (χ1v) is 11.8. The van der Waals surface area contributed by atoms with Gasteiger partial charge in [0.1, 0.15) is 31.8 Å². The average molecular weight is 429 g/mol. The highest BCUT2D eigenvalue weighted by Gasteiger charge is 2.28. The van der Waals surface area contributed by atoms with Crippen LogP contribution in [0.3, 0.4) is 0 Å². The highest BCUT2D eigenvalue weighted by molar-refractivity contribution is 7.10. The predicted octanol–water partition coefficient (Wildman–Crippen LogP) is 2.01. The summed E-state index contributed by atoms with van der Waals surface area (Å²) in [5, 5.41) is 5.57. The molecule has 0 amide bonds.